The largest absolute Gasteiger partial charge is 0.741 e. The number of alkyl halides is 3. The Hall–Kier alpha value is -3.36. The number of aromatic nitrogens is 1. The fourth-order valence-electron chi connectivity index (χ4n) is 4.26. The fraction of sp³-hybridized carbons (Fsp3) is 0.0333. The van der Waals surface area contributed by atoms with Crippen molar-refractivity contribution in [1.29, 1.82) is 0 Å². The smallest absolute Gasteiger partial charge is 0.485 e. The maximum Gasteiger partial charge on any atom is 0.485 e. The highest BCUT2D eigenvalue weighted by atomic mass is 79.9. The van der Waals surface area contributed by atoms with E-state index in [1.165, 1.54) is 21.2 Å². The Bertz CT molecular complexity index is 1560. The van der Waals surface area contributed by atoms with Crippen LogP contribution in [0.1, 0.15) is 0 Å². The van der Waals surface area contributed by atoms with Crippen molar-refractivity contribution < 1.29 is 26.1 Å². The summed E-state index contributed by atoms with van der Waals surface area (Å²) in [7, 11) is -8.20. The summed E-state index contributed by atoms with van der Waals surface area (Å²) in [6.07, 6.45) is 1.95. The lowest BCUT2D eigenvalue weighted by atomic mass is 10.1. The van der Waals surface area contributed by atoms with E-state index >= 15 is 0 Å². The molecule has 0 aliphatic heterocycles. The van der Waals surface area contributed by atoms with E-state index in [0.717, 1.165) is 15.7 Å². The highest BCUT2D eigenvalue weighted by molar-refractivity contribution is 9.10. The first kappa shape index (κ1) is 29.6. The summed E-state index contributed by atoms with van der Waals surface area (Å²) in [6, 6.07) is 45.6. The van der Waals surface area contributed by atoms with Crippen LogP contribution in [0.2, 0.25) is 0 Å². The molecular weight excluding hydrogens is 622 g/mol. The molecule has 0 aliphatic rings. The van der Waals surface area contributed by atoms with Crippen molar-refractivity contribution in [2.45, 2.75) is 5.51 Å². The number of hydrogen-bond acceptors (Lipinski definition) is 4. The third kappa shape index (κ3) is 6.50. The summed E-state index contributed by atoms with van der Waals surface area (Å²) < 4.78 is 60.0. The number of hydrogen-bond donors (Lipinski definition) is 0. The van der Waals surface area contributed by atoms with E-state index in [9.17, 15) is 13.2 Å². The average Bonchev–Trinajstić information content (AvgIpc) is 2.95. The van der Waals surface area contributed by atoms with Crippen LogP contribution in [0.5, 0.6) is 0 Å². The molecule has 0 unspecified atom stereocenters. The topological polar surface area (TPSA) is 70.1 Å². The molecule has 0 N–H and O–H groups in total. The van der Waals surface area contributed by atoms with E-state index in [2.05, 4.69) is 143 Å². The summed E-state index contributed by atoms with van der Waals surface area (Å²) in [5.74, 6) is 0. The van der Waals surface area contributed by atoms with Gasteiger partial charge in [0.15, 0.2) is 10.1 Å². The maximum atomic E-state index is 10.7. The van der Waals surface area contributed by atoms with E-state index < -0.39 is 22.9 Å². The van der Waals surface area contributed by atoms with Gasteiger partial charge in [0.25, 0.3) is 0 Å². The van der Waals surface area contributed by atoms with Gasteiger partial charge in [-0.1, -0.05) is 82.7 Å². The summed E-state index contributed by atoms with van der Waals surface area (Å²) in [6.45, 7) is 0. The van der Waals surface area contributed by atoms with Gasteiger partial charge >= 0.3 is 5.51 Å². The Labute approximate surface area is 239 Å². The minimum absolute atomic E-state index is 0.988. The molecule has 1 heterocycles. The molecule has 0 saturated carbocycles. The number of benzene rings is 4. The summed E-state index contributed by atoms with van der Waals surface area (Å²) in [5.41, 5.74) is -3.54. The monoisotopic (exact) mass is 643 g/mol. The van der Waals surface area contributed by atoms with E-state index in [1.54, 1.807) is 0 Å². The van der Waals surface area contributed by atoms with Gasteiger partial charge in [-0.05, 0) is 54.6 Å². The molecule has 0 aliphatic carbocycles. The van der Waals surface area contributed by atoms with Crippen LogP contribution in [-0.4, -0.2) is 23.5 Å². The van der Waals surface area contributed by atoms with Gasteiger partial charge in [-0.3, -0.25) is 4.98 Å². The normalized spacial score (nSPS) is 11.8. The average molecular weight is 644 g/mol. The Kier molecular flexibility index (Phi) is 9.21. The second-order valence-electron chi connectivity index (χ2n) is 8.48. The molecule has 40 heavy (non-hydrogen) atoms. The molecule has 0 spiro atoms. The molecule has 10 heteroatoms. The van der Waals surface area contributed by atoms with Crippen LogP contribution < -0.4 is 21.2 Å². The third-order valence-corrected chi connectivity index (χ3v) is 11.4. The molecule has 0 bridgehead atoms. The third-order valence-electron chi connectivity index (χ3n) is 5.98. The Morgan fingerprint density at radius 2 is 1.05 bits per heavy atom. The van der Waals surface area contributed by atoms with Gasteiger partial charge in [0.2, 0.25) is 0 Å². The highest BCUT2D eigenvalue weighted by Gasteiger charge is 2.48. The predicted molar refractivity (Wildman–Crippen MR) is 158 cm³/mol. The first-order chi connectivity index (χ1) is 19.0. The molecule has 0 fully saturated rings. The van der Waals surface area contributed by atoms with Crippen molar-refractivity contribution in [3.05, 3.63) is 138 Å². The standard InChI is InChI=1S/C29H22BrNP.CHF3O3S/c30-24-18-16-23(17-19-24)29-22-28(20-21-31-29)32(25-10-4-1-5-11-25,26-12-6-2-7-13-26)27-14-8-3-9-15-27;2-1(3,4)8(5,6)7/h1-22H;(H,5,6,7)/q+1;/p-1. The van der Waals surface area contributed by atoms with Gasteiger partial charge in [-0.2, -0.15) is 13.2 Å². The van der Waals surface area contributed by atoms with Gasteiger partial charge in [-0.25, -0.2) is 8.42 Å². The van der Waals surface area contributed by atoms with Crippen LogP contribution in [-0.2, 0) is 10.1 Å². The Morgan fingerprint density at radius 1 is 0.650 bits per heavy atom. The molecule has 0 radical (unpaired) electrons. The predicted octanol–water partition coefficient (Wildman–Crippen LogP) is 6.18. The molecule has 5 rings (SSSR count). The second kappa shape index (κ2) is 12.4. The maximum absolute atomic E-state index is 10.7. The summed E-state index contributed by atoms with van der Waals surface area (Å²) in [5, 5.41) is 5.31. The van der Waals surface area contributed by atoms with Gasteiger partial charge in [0.1, 0.15) is 28.5 Å². The minimum atomic E-state index is -6.09. The summed E-state index contributed by atoms with van der Waals surface area (Å²) >= 11 is 3.54. The lowest BCUT2D eigenvalue weighted by molar-refractivity contribution is -0.0517. The molecule has 204 valence electrons. The van der Waals surface area contributed by atoms with Crippen molar-refractivity contribution in [2.75, 3.05) is 0 Å². The van der Waals surface area contributed by atoms with Crippen molar-refractivity contribution in [3.8, 4) is 11.3 Å². The van der Waals surface area contributed by atoms with Crippen LogP contribution >= 0.6 is 23.2 Å². The van der Waals surface area contributed by atoms with Gasteiger partial charge in [-0.15, -0.1) is 0 Å². The van der Waals surface area contributed by atoms with E-state index in [0.29, 0.717) is 0 Å². The molecule has 0 saturated heterocycles. The minimum Gasteiger partial charge on any atom is -0.741 e. The molecular formula is C30H22BrF3NO3PS. The number of pyridine rings is 1. The van der Waals surface area contributed by atoms with E-state index in [1.807, 2.05) is 6.20 Å². The number of rotatable bonds is 5. The van der Waals surface area contributed by atoms with Gasteiger partial charge in [0.05, 0.1) is 5.69 Å². The molecule has 4 aromatic carbocycles. The zero-order valence-corrected chi connectivity index (χ0v) is 24.0. The zero-order valence-electron chi connectivity index (χ0n) is 20.7. The van der Waals surface area contributed by atoms with E-state index in [4.69, 9.17) is 18.0 Å². The number of halogens is 4. The van der Waals surface area contributed by atoms with Crippen LogP contribution in [0.25, 0.3) is 11.3 Å². The first-order valence-corrected chi connectivity index (χ1v) is 15.8. The highest BCUT2D eigenvalue weighted by Crippen LogP contribution is 2.54. The molecule has 0 atom stereocenters. The zero-order chi connectivity index (χ0) is 28.8. The molecule has 1 aromatic heterocycles. The Morgan fingerprint density at radius 3 is 1.43 bits per heavy atom. The van der Waals surface area contributed by atoms with Crippen molar-refractivity contribution in [3.63, 3.8) is 0 Å². The quantitative estimate of drug-likeness (QED) is 0.130. The molecule has 5 aromatic rings. The summed E-state index contributed by atoms with van der Waals surface area (Å²) in [4.78, 5) is 4.74. The van der Waals surface area contributed by atoms with Crippen LogP contribution in [0.15, 0.2) is 138 Å². The van der Waals surface area contributed by atoms with Gasteiger partial charge < -0.3 is 4.55 Å². The Balaban J connectivity index is 0.000000406. The second-order valence-corrected chi connectivity index (χ2v) is 14.2. The van der Waals surface area contributed by atoms with Gasteiger partial charge in [0, 0.05) is 22.3 Å². The van der Waals surface area contributed by atoms with E-state index in [-0.39, 0.29) is 0 Å². The van der Waals surface area contributed by atoms with Crippen molar-refractivity contribution in [1.82, 2.24) is 4.98 Å². The molecule has 0 amide bonds. The van der Waals surface area contributed by atoms with Crippen molar-refractivity contribution >= 4 is 54.5 Å². The van der Waals surface area contributed by atoms with Crippen LogP contribution in [0.3, 0.4) is 0 Å². The first-order valence-electron chi connectivity index (χ1n) is 11.8. The van der Waals surface area contributed by atoms with Crippen LogP contribution in [0.4, 0.5) is 13.2 Å². The number of nitrogens with zero attached hydrogens (tertiary/aromatic N) is 1. The molecule has 4 nitrogen and oxygen atoms in total. The SMILES string of the molecule is Brc1ccc(-c2cc([P+](c3ccccc3)(c3ccccc3)c3ccccc3)ccn2)cc1.O=S(=O)([O-])C(F)(F)F. The fourth-order valence-corrected chi connectivity index (χ4v) is 8.77. The lowest BCUT2D eigenvalue weighted by Gasteiger charge is -2.27. The van der Waals surface area contributed by atoms with Crippen LogP contribution in [0, 0.1) is 0 Å². The van der Waals surface area contributed by atoms with Crippen molar-refractivity contribution in [2.24, 2.45) is 0 Å². The lowest BCUT2D eigenvalue weighted by Crippen LogP contribution is -2.38.